The van der Waals surface area contributed by atoms with Crippen LogP contribution in [0.3, 0.4) is 0 Å². The number of rotatable bonds is 1. The first-order valence-electron chi connectivity index (χ1n) is 2.89. The van der Waals surface area contributed by atoms with Crippen molar-refractivity contribution in [3.8, 4) is 0 Å². The molecule has 0 atom stereocenters. The van der Waals surface area contributed by atoms with Crippen molar-refractivity contribution in [2.75, 3.05) is 13.1 Å². The minimum absolute atomic E-state index is 0.642. The van der Waals surface area contributed by atoms with Crippen molar-refractivity contribution in [3.05, 3.63) is 0 Å². The molecule has 1 aliphatic heterocycles. The Bertz CT molecular complexity index is 136. The molecule has 0 aromatic rings. The predicted octanol–water partition coefficient (Wildman–Crippen LogP) is -1.71. The first-order chi connectivity index (χ1) is 4.11. The van der Waals surface area contributed by atoms with Crippen molar-refractivity contribution in [1.29, 1.82) is 0 Å². The van der Waals surface area contributed by atoms with Gasteiger partial charge in [-0.25, -0.2) is 4.58 Å². The molecule has 1 heterocycles. The zero-order valence-electron chi connectivity index (χ0n) is 5.33. The van der Waals surface area contributed by atoms with Crippen LogP contribution in [0.15, 0.2) is 0 Å². The second kappa shape index (κ2) is 1.97. The summed E-state index contributed by atoms with van der Waals surface area (Å²) in [5, 5.41) is 20.7. The second-order valence-corrected chi connectivity index (χ2v) is 2.25. The van der Waals surface area contributed by atoms with Crippen LogP contribution in [-0.4, -0.2) is 40.1 Å². The summed E-state index contributed by atoms with van der Waals surface area (Å²) in [7, 11) is 0. The van der Waals surface area contributed by atoms with Crippen LogP contribution in [0.5, 0.6) is 0 Å². The summed E-state index contributed by atoms with van der Waals surface area (Å²) >= 11 is 0. The maximum atomic E-state index is 8.93. The predicted molar refractivity (Wildman–Crippen MR) is 32.0 cm³/mol. The number of hydrogen-bond donors (Lipinski definition) is 3. The molecule has 1 aliphatic rings. The van der Waals surface area contributed by atoms with Crippen LogP contribution in [0, 0.1) is 0 Å². The van der Waals surface area contributed by atoms with Gasteiger partial charge in [-0.1, -0.05) is 0 Å². The Kier molecular flexibility index (Phi) is 1.42. The molecule has 4 nitrogen and oxygen atoms in total. The van der Waals surface area contributed by atoms with Gasteiger partial charge in [-0.3, -0.25) is 5.32 Å². The van der Waals surface area contributed by atoms with Crippen molar-refractivity contribution in [1.82, 2.24) is 5.32 Å². The Morgan fingerprint density at radius 2 is 2.33 bits per heavy atom. The Labute approximate surface area is 53.4 Å². The van der Waals surface area contributed by atoms with Crippen LogP contribution in [-0.2, 0) is 0 Å². The molecule has 0 saturated carbocycles. The van der Waals surface area contributed by atoms with E-state index in [4.69, 9.17) is 10.2 Å². The lowest BCUT2D eigenvalue weighted by atomic mass is 10.5. The minimum Gasteiger partial charge on any atom is -0.331 e. The molecular weight excluding hydrogens is 120 g/mol. The average molecular weight is 131 g/mol. The molecule has 4 heteroatoms. The van der Waals surface area contributed by atoms with Gasteiger partial charge in [-0.05, 0) is 0 Å². The van der Waals surface area contributed by atoms with Crippen LogP contribution >= 0.6 is 0 Å². The third-order valence-electron chi connectivity index (χ3n) is 1.29. The van der Waals surface area contributed by atoms with Crippen LogP contribution in [0.2, 0.25) is 0 Å². The second-order valence-electron chi connectivity index (χ2n) is 2.25. The summed E-state index contributed by atoms with van der Waals surface area (Å²) in [4.78, 5) is 0. The van der Waals surface area contributed by atoms with Crippen molar-refractivity contribution < 1.29 is 14.8 Å². The SMILES string of the molecule is CC(O)(O)[N+]1=CNCC1. The molecule has 0 aromatic carbocycles. The lowest BCUT2D eigenvalue weighted by Crippen LogP contribution is -2.38. The number of hydrogen-bond acceptors (Lipinski definition) is 3. The number of nitrogens with one attached hydrogen (secondary N) is 1. The topological polar surface area (TPSA) is 55.5 Å². The van der Waals surface area contributed by atoms with Crippen LogP contribution in [0.4, 0.5) is 0 Å². The lowest BCUT2D eigenvalue weighted by Gasteiger charge is -2.13. The molecule has 0 unspecified atom stereocenters. The largest absolute Gasteiger partial charge is 0.331 e. The Balaban J connectivity index is 2.61. The maximum Gasteiger partial charge on any atom is 0.314 e. The van der Waals surface area contributed by atoms with Crippen molar-refractivity contribution in [3.63, 3.8) is 0 Å². The van der Waals surface area contributed by atoms with E-state index in [0.29, 0.717) is 6.54 Å². The summed E-state index contributed by atoms with van der Waals surface area (Å²) in [6, 6.07) is 0. The average Bonchev–Trinajstić information content (AvgIpc) is 2.08. The van der Waals surface area contributed by atoms with Gasteiger partial charge in [-0.15, -0.1) is 0 Å². The van der Waals surface area contributed by atoms with Crippen LogP contribution in [0.25, 0.3) is 0 Å². The Morgan fingerprint density at radius 1 is 1.67 bits per heavy atom. The molecule has 0 aromatic heterocycles. The van der Waals surface area contributed by atoms with E-state index < -0.39 is 5.91 Å². The van der Waals surface area contributed by atoms with Crippen LogP contribution < -0.4 is 5.32 Å². The van der Waals surface area contributed by atoms with Crippen molar-refractivity contribution in [2.24, 2.45) is 0 Å². The van der Waals surface area contributed by atoms with Gasteiger partial charge < -0.3 is 10.2 Å². The van der Waals surface area contributed by atoms with Gasteiger partial charge in [-0.2, -0.15) is 0 Å². The fraction of sp³-hybridized carbons (Fsp3) is 0.800. The molecule has 0 radical (unpaired) electrons. The molecule has 0 saturated heterocycles. The summed E-state index contributed by atoms with van der Waals surface area (Å²) in [5.41, 5.74) is 0. The van der Waals surface area contributed by atoms with Gasteiger partial charge in [0.15, 0.2) is 0 Å². The van der Waals surface area contributed by atoms with Crippen LogP contribution in [0.1, 0.15) is 6.92 Å². The first kappa shape index (κ1) is 6.51. The fourth-order valence-corrected chi connectivity index (χ4v) is 0.758. The van der Waals surface area contributed by atoms with Gasteiger partial charge in [0, 0.05) is 6.92 Å². The standard InChI is InChI=1S/C5H10N2O2/c1-5(8,9)7-3-2-6-4-7/h4,8-9H,2-3H2,1H3/p+1. The number of aliphatic hydroxyl groups is 2. The molecular formula is C5H11N2O2+. The van der Waals surface area contributed by atoms with E-state index in [0.717, 1.165) is 6.54 Å². The highest BCUT2D eigenvalue weighted by Crippen LogP contribution is 1.98. The summed E-state index contributed by atoms with van der Waals surface area (Å²) < 4.78 is 1.42. The van der Waals surface area contributed by atoms with E-state index in [1.165, 1.54) is 11.5 Å². The minimum atomic E-state index is -1.70. The Morgan fingerprint density at radius 3 is 2.56 bits per heavy atom. The normalized spacial score (nSPS) is 19.2. The van der Waals surface area contributed by atoms with Gasteiger partial charge in [0.25, 0.3) is 0 Å². The van der Waals surface area contributed by atoms with E-state index in [-0.39, 0.29) is 0 Å². The van der Waals surface area contributed by atoms with E-state index in [9.17, 15) is 0 Å². The summed E-state index contributed by atoms with van der Waals surface area (Å²) in [5.74, 6) is -1.70. The molecule has 0 amide bonds. The van der Waals surface area contributed by atoms with Crippen molar-refractivity contribution >= 4 is 6.34 Å². The van der Waals surface area contributed by atoms with E-state index in [2.05, 4.69) is 5.32 Å². The first-order valence-corrected chi connectivity index (χ1v) is 2.89. The molecule has 1 rings (SSSR count). The van der Waals surface area contributed by atoms with E-state index in [1.54, 1.807) is 6.34 Å². The molecule has 0 bridgehead atoms. The zero-order chi connectivity index (χ0) is 6.91. The van der Waals surface area contributed by atoms with E-state index in [1.807, 2.05) is 0 Å². The van der Waals surface area contributed by atoms with Gasteiger partial charge >= 0.3 is 5.91 Å². The quantitative estimate of drug-likeness (QED) is 0.293. The molecule has 3 N–H and O–H groups in total. The van der Waals surface area contributed by atoms with Gasteiger partial charge in [0.05, 0.1) is 0 Å². The Hall–Kier alpha value is -0.610. The highest BCUT2D eigenvalue weighted by molar-refractivity contribution is 5.49. The molecule has 0 aliphatic carbocycles. The summed E-state index contributed by atoms with van der Waals surface area (Å²) in [6.07, 6.45) is 1.57. The monoisotopic (exact) mass is 131 g/mol. The molecule has 52 valence electrons. The molecule has 0 fully saturated rings. The molecule has 9 heavy (non-hydrogen) atoms. The summed E-state index contributed by atoms with van der Waals surface area (Å²) in [6.45, 7) is 2.75. The maximum absolute atomic E-state index is 8.93. The number of nitrogens with zero attached hydrogens (tertiary/aromatic N) is 1. The van der Waals surface area contributed by atoms with E-state index >= 15 is 0 Å². The third kappa shape index (κ3) is 1.40. The highest BCUT2D eigenvalue weighted by Gasteiger charge is 2.27. The lowest BCUT2D eigenvalue weighted by molar-refractivity contribution is -0.697. The highest BCUT2D eigenvalue weighted by atomic mass is 16.5. The zero-order valence-corrected chi connectivity index (χ0v) is 5.33. The van der Waals surface area contributed by atoms with Gasteiger partial charge in [0.2, 0.25) is 6.34 Å². The van der Waals surface area contributed by atoms with Crippen molar-refractivity contribution in [2.45, 2.75) is 12.8 Å². The smallest absolute Gasteiger partial charge is 0.314 e. The van der Waals surface area contributed by atoms with Gasteiger partial charge in [0.1, 0.15) is 13.1 Å². The molecule has 0 spiro atoms. The fourth-order valence-electron chi connectivity index (χ4n) is 0.758. The third-order valence-corrected chi connectivity index (χ3v) is 1.29.